The van der Waals surface area contributed by atoms with E-state index in [2.05, 4.69) is 5.10 Å². The number of ether oxygens (including phenoxy) is 1. The molecule has 5 nitrogen and oxygen atoms in total. The van der Waals surface area contributed by atoms with Gasteiger partial charge in [0, 0.05) is 12.5 Å². The Balaban J connectivity index is 1.41. The summed E-state index contributed by atoms with van der Waals surface area (Å²) < 4.78 is 5.77. The molecule has 23 heavy (non-hydrogen) atoms. The van der Waals surface area contributed by atoms with E-state index in [1.54, 1.807) is 6.34 Å². The van der Waals surface area contributed by atoms with E-state index in [-0.39, 0.29) is 0 Å². The van der Waals surface area contributed by atoms with E-state index in [0.717, 1.165) is 43.7 Å². The van der Waals surface area contributed by atoms with Crippen molar-refractivity contribution in [3.8, 4) is 5.75 Å². The Morgan fingerprint density at radius 2 is 1.70 bits per heavy atom. The van der Waals surface area contributed by atoms with Gasteiger partial charge in [0.15, 0.2) is 0 Å². The molecular weight excluding hydrogens is 292 g/mol. The third-order valence-corrected chi connectivity index (χ3v) is 3.87. The van der Waals surface area contributed by atoms with Gasteiger partial charge in [0.2, 0.25) is 0 Å². The summed E-state index contributed by atoms with van der Waals surface area (Å²) in [5, 5.41) is 14.4. The van der Waals surface area contributed by atoms with Crippen LogP contribution in [0, 0.1) is 0 Å². The van der Waals surface area contributed by atoms with Gasteiger partial charge in [-0.1, -0.05) is 44.6 Å². The van der Waals surface area contributed by atoms with Crippen molar-refractivity contribution in [1.82, 2.24) is 0 Å². The third kappa shape index (κ3) is 7.68. The van der Waals surface area contributed by atoms with Crippen LogP contribution in [0.4, 0.5) is 5.69 Å². The van der Waals surface area contributed by atoms with E-state index in [1.807, 2.05) is 29.3 Å². The molecule has 0 bridgehead atoms. The second-order valence-electron chi connectivity index (χ2n) is 5.89. The normalized spacial score (nSPS) is 12.4. The molecule has 5 heteroatoms. The number of carboxylic acids is 1. The van der Waals surface area contributed by atoms with Gasteiger partial charge in [-0.15, -0.1) is 0 Å². The van der Waals surface area contributed by atoms with Gasteiger partial charge >= 0.3 is 5.97 Å². The topological polar surface area (TPSA) is 61.9 Å². The summed E-state index contributed by atoms with van der Waals surface area (Å²) in [5.74, 6) is 0.216. The quantitative estimate of drug-likeness (QED) is 0.547. The lowest BCUT2D eigenvalue weighted by Gasteiger charge is -2.08. The molecule has 2 rings (SSSR count). The van der Waals surface area contributed by atoms with Crippen LogP contribution in [0.2, 0.25) is 0 Å². The Hall–Kier alpha value is -2.04. The number of benzene rings is 1. The first kappa shape index (κ1) is 17.3. The molecule has 0 aliphatic carbocycles. The zero-order valence-electron chi connectivity index (χ0n) is 13.6. The summed E-state index contributed by atoms with van der Waals surface area (Å²) in [5.41, 5.74) is 1.05. The largest absolute Gasteiger partial charge is 0.494 e. The van der Waals surface area contributed by atoms with E-state index in [1.165, 1.54) is 25.7 Å². The molecule has 0 fully saturated rings. The number of rotatable bonds is 13. The van der Waals surface area contributed by atoms with Gasteiger partial charge < -0.3 is 9.84 Å². The molecule has 0 amide bonds. The van der Waals surface area contributed by atoms with Gasteiger partial charge in [-0.05, 0) is 25.0 Å². The molecular formula is C18H26N2O3. The predicted octanol–water partition coefficient (Wildman–Crippen LogP) is 4.42. The highest BCUT2D eigenvalue weighted by atomic mass is 16.5. The van der Waals surface area contributed by atoms with Crippen LogP contribution < -0.4 is 9.75 Å². The van der Waals surface area contributed by atoms with Gasteiger partial charge in [-0.2, -0.15) is 5.10 Å². The Bertz CT molecular complexity index is 511. The monoisotopic (exact) mass is 318 g/mol. The van der Waals surface area contributed by atoms with Crippen LogP contribution in [-0.4, -0.2) is 24.0 Å². The number of hydrogen-bond donors (Lipinski definition) is 1. The lowest BCUT2D eigenvalue weighted by atomic mass is 10.1. The lowest BCUT2D eigenvalue weighted by Crippen LogP contribution is -1.99. The molecule has 0 spiro atoms. The predicted molar refractivity (Wildman–Crippen MR) is 92.1 cm³/mol. The van der Waals surface area contributed by atoms with Crippen molar-refractivity contribution < 1.29 is 14.6 Å². The van der Waals surface area contributed by atoms with Crippen molar-refractivity contribution in [2.45, 2.75) is 57.8 Å². The minimum atomic E-state index is -0.683. The van der Waals surface area contributed by atoms with Crippen molar-refractivity contribution in [1.29, 1.82) is 0 Å². The van der Waals surface area contributed by atoms with Crippen molar-refractivity contribution in [3.63, 3.8) is 0 Å². The van der Waals surface area contributed by atoms with Gasteiger partial charge in [0.25, 0.3) is 0 Å². The van der Waals surface area contributed by atoms with Crippen molar-refractivity contribution in [2.24, 2.45) is 5.10 Å². The highest BCUT2D eigenvalue weighted by Gasteiger charge is 2.11. The standard InChI is InChI=1S/C18H26N2O3/c21-18(22)12-7-5-3-1-2-4-6-8-13-23-17-11-9-10-16(14-17)20-15-19-20/h9-11,14-15H,1-8,12-13H2,(H,21,22). The molecule has 0 radical (unpaired) electrons. The van der Waals surface area contributed by atoms with E-state index >= 15 is 0 Å². The maximum atomic E-state index is 10.4. The molecule has 126 valence electrons. The smallest absolute Gasteiger partial charge is 0.303 e. The summed E-state index contributed by atoms with van der Waals surface area (Å²) in [6, 6.07) is 7.97. The van der Waals surface area contributed by atoms with Gasteiger partial charge in [0.1, 0.15) is 12.1 Å². The highest BCUT2D eigenvalue weighted by molar-refractivity contribution is 5.90. The minimum Gasteiger partial charge on any atom is -0.494 e. The third-order valence-electron chi connectivity index (χ3n) is 3.87. The maximum Gasteiger partial charge on any atom is 0.303 e. The number of aliphatic carboxylic acids is 1. The van der Waals surface area contributed by atoms with E-state index in [0.29, 0.717) is 6.42 Å². The Morgan fingerprint density at radius 1 is 1.04 bits per heavy atom. The first-order valence-corrected chi connectivity index (χ1v) is 8.54. The summed E-state index contributed by atoms with van der Waals surface area (Å²) in [6.07, 6.45) is 11.0. The van der Waals surface area contributed by atoms with Crippen molar-refractivity contribution in [2.75, 3.05) is 11.6 Å². The first-order valence-electron chi connectivity index (χ1n) is 8.54. The Kier molecular flexibility index (Phi) is 7.43. The summed E-state index contributed by atoms with van der Waals surface area (Å²) in [4.78, 5) is 10.4. The summed E-state index contributed by atoms with van der Waals surface area (Å²) >= 11 is 0. The van der Waals surface area contributed by atoms with Crippen LogP contribution in [-0.2, 0) is 4.79 Å². The zero-order valence-corrected chi connectivity index (χ0v) is 13.6. The molecule has 1 aromatic carbocycles. The van der Waals surface area contributed by atoms with Gasteiger partial charge in [0.05, 0.1) is 12.3 Å². The number of anilines is 1. The van der Waals surface area contributed by atoms with Crippen molar-refractivity contribution in [3.05, 3.63) is 24.3 Å². The molecule has 0 saturated carbocycles. The van der Waals surface area contributed by atoms with Crippen LogP contribution in [0.5, 0.6) is 5.75 Å². The molecule has 1 N–H and O–H groups in total. The van der Waals surface area contributed by atoms with Crippen LogP contribution in [0.25, 0.3) is 0 Å². The molecule has 1 aliphatic rings. The number of hydrazone groups is 1. The van der Waals surface area contributed by atoms with Gasteiger partial charge in [-0.25, -0.2) is 5.01 Å². The lowest BCUT2D eigenvalue weighted by molar-refractivity contribution is -0.137. The molecule has 1 aliphatic heterocycles. The molecule has 1 heterocycles. The van der Waals surface area contributed by atoms with Gasteiger partial charge in [-0.3, -0.25) is 4.79 Å². The molecule has 0 aromatic heterocycles. The van der Waals surface area contributed by atoms with Crippen LogP contribution in [0.1, 0.15) is 57.8 Å². The zero-order chi connectivity index (χ0) is 16.3. The molecule has 1 aromatic rings. The summed E-state index contributed by atoms with van der Waals surface area (Å²) in [6.45, 7) is 0.753. The fourth-order valence-electron chi connectivity index (χ4n) is 2.50. The average Bonchev–Trinajstić information content (AvgIpc) is 3.37. The fourth-order valence-corrected chi connectivity index (χ4v) is 2.50. The number of carboxylic acid groups (broad SMARTS) is 1. The fraction of sp³-hybridized carbons (Fsp3) is 0.556. The number of hydrogen-bond acceptors (Lipinski definition) is 4. The first-order chi connectivity index (χ1) is 11.3. The van der Waals surface area contributed by atoms with E-state index < -0.39 is 5.97 Å². The van der Waals surface area contributed by atoms with Crippen LogP contribution in [0.15, 0.2) is 29.4 Å². The number of nitrogens with zero attached hydrogens (tertiary/aromatic N) is 2. The van der Waals surface area contributed by atoms with Crippen LogP contribution >= 0.6 is 0 Å². The summed E-state index contributed by atoms with van der Waals surface area (Å²) in [7, 11) is 0. The molecule has 0 atom stereocenters. The number of unbranched alkanes of at least 4 members (excludes halogenated alkanes) is 7. The second-order valence-corrected chi connectivity index (χ2v) is 5.89. The highest BCUT2D eigenvalue weighted by Crippen LogP contribution is 2.24. The molecule has 0 saturated heterocycles. The van der Waals surface area contributed by atoms with Crippen molar-refractivity contribution >= 4 is 18.0 Å². The maximum absolute atomic E-state index is 10.4. The van der Waals surface area contributed by atoms with E-state index in [9.17, 15) is 4.79 Å². The second kappa shape index (κ2) is 9.87. The minimum absolute atomic E-state index is 0.308. The van der Waals surface area contributed by atoms with E-state index in [4.69, 9.17) is 9.84 Å². The molecule has 0 unspecified atom stereocenters. The SMILES string of the molecule is O=C(O)CCCCCCCCCCOc1cccc(N2C=N2)c1. The van der Waals surface area contributed by atoms with Crippen LogP contribution in [0.3, 0.4) is 0 Å². The Morgan fingerprint density at radius 3 is 2.35 bits per heavy atom. The number of carbonyl (C=O) groups is 1. The average molecular weight is 318 g/mol. The Labute approximate surface area is 137 Å².